The summed E-state index contributed by atoms with van der Waals surface area (Å²) in [4.78, 5) is 16.6. The maximum atomic E-state index is 12.6. The van der Waals surface area contributed by atoms with E-state index in [0.29, 0.717) is 43.1 Å². The number of hydrogen-bond acceptors (Lipinski definition) is 7. The van der Waals surface area contributed by atoms with Crippen LogP contribution in [0.15, 0.2) is 29.4 Å². The zero-order valence-electron chi connectivity index (χ0n) is 17.8. The Labute approximate surface area is 177 Å². The summed E-state index contributed by atoms with van der Waals surface area (Å²) in [5, 5.41) is 4.16. The van der Waals surface area contributed by atoms with Gasteiger partial charge in [-0.1, -0.05) is 12.1 Å². The predicted octanol–water partition coefficient (Wildman–Crippen LogP) is 2.27. The molecule has 10 heteroatoms. The number of benzene rings is 1. The van der Waals surface area contributed by atoms with E-state index in [0.717, 1.165) is 0 Å². The van der Waals surface area contributed by atoms with E-state index in [4.69, 9.17) is 14.2 Å². The highest BCUT2D eigenvalue weighted by atomic mass is 32.2. The van der Waals surface area contributed by atoms with Crippen LogP contribution in [0, 0.1) is 0 Å². The van der Waals surface area contributed by atoms with Crippen molar-refractivity contribution < 1.29 is 27.4 Å². The number of carbonyl (C=O) groups excluding carboxylic acids is 1. The molecule has 30 heavy (non-hydrogen) atoms. The second-order valence-corrected chi connectivity index (χ2v) is 10.2. The maximum Gasteiger partial charge on any atom is 0.410 e. The number of nitrogens with one attached hydrogen (secondary N) is 1. The van der Waals surface area contributed by atoms with Gasteiger partial charge in [0.25, 0.3) is 10.0 Å². The summed E-state index contributed by atoms with van der Waals surface area (Å²) in [5.74, 6) is 0.475. The van der Waals surface area contributed by atoms with Crippen molar-refractivity contribution in [2.24, 2.45) is 5.10 Å². The van der Waals surface area contributed by atoms with E-state index in [9.17, 15) is 13.2 Å². The van der Waals surface area contributed by atoms with Gasteiger partial charge in [0, 0.05) is 18.6 Å². The first-order valence-corrected chi connectivity index (χ1v) is 11.5. The van der Waals surface area contributed by atoms with Gasteiger partial charge >= 0.3 is 6.09 Å². The highest BCUT2D eigenvalue weighted by molar-refractivity contribution is 7.88. The lowest BCUT2D eigenvalue weighted by atomic mass is 9.93. The molecule has 2 aliphatic heterocycles. The molecule has 2 saturated heterocycles. The Morgan fingerprint density at radius 3 is 2.33 bits per heavy atom. The fourth-order valence-corrected chi connectivity index (χ4v) is 4.52. The fraction of sp³-hybridized carbons (Fsp3) is 0.600. The van der Waals surface area contributed by atoms with Crippen LogP contribution in [-0.2, 0) is 25.2 Å². The number of rotatable bonds is 5. The van der Waals surface area contributed by atoms with Gasteiger partial charge in [-0.15, -0.1) is 0 Å². The summed E-state index contributed by atoms with van der Waals surface area (Å²) in [5.41, 5.74) is 0.748. The third-order valence-corrected chi connectivity index (χ3v) is 5.90. The van der Waals surface area contributed by atoms with Crippen LogP contribution in [0.5, 0.6) is 5.75 Å². The Kier molecular flexibility index (Phi) is 6.56. The number of methoxy groups -OCH3 is 1. The molecule has 0 aromatic heterocycles. The van der Waals surface area contributed by atoms with Crippen LogP contribution < -0.4 is 9.57 Å². The van der Waals surface area contributed by atoms with Gasteiger partial charge in [0.1, 0.15) is 11.4 Å². The van der Waals surface area contributed by atoms with Gasteiger partial charge in [0.2, 0.25) is 0 Å². The first-order chi connectivity index (χ1) is 14.1. The number of sulfonamides is 1. The van der Waals surface area contributed by atoms with Crippen LogP contribution in [-0.4, -0.2) is 63.1 Å². The molecule has 3 rings (SSSR count). The highest BCUT2D eigenvalue weighted by Gasteiger charge is 2.42. The summed E-state index contributed by atoms with van der Waals surface area (Å²) in [6.07, 6.45) is 0.488. The Balaban J connectivity index is 1.64. The molecule has 1 N–H and O–H groups in total. The number of hydrazone groups is 1. The lowest BCUT2D eigenvalue weighted by Crippen LogP contribution is -2.60. The minimum atomic E-state index is -3.65. The number of morpholine rings is 1. The van der Waals surface area contributed by atoms with Crippen molar-refractivity contribution in [1.82, 2.24) is 9.73 Å². The number of amides is 1. The van der Waals surface area contributed by atoms with Crippen LogP contribution >= 0.6 is 0 Å². The minimum Gasteiger partial charge on any atom is -0.497 e. The number of fused-ring (bicyclic) bond motifs is 2. The summed E-state index contributed by atoms with van der Waals surface area (Å²) in [6.45, 7) is 6.21. The van der Waals surface area contributed by atoms with E-state index in [1.807, 2.05) is 20.8 Å². The normalized spacial score (nSPS) is 21.7. The molecule has 1 amide bonds. The molecule has 2 unspecified atom stereocenters. The Morgan fingerprint density at radius 1 is 1.20 bits per heavy atom. The summed E-state index contributed by atoms with van der Waals surface area (Å²) in [6, 6.07) is 6.38. The fourth-order valence-electron chi connectivity index (χ4n) is 3.55. The molecule has 9 nitrogen and oxygen atoms in total. The SMILES string of the molecule is COc1ccc(CS(=O)(=O)NN=C2CC3COCC(C2)N3C(=O)OC(C)(C)C)cc1. The molecule has 1 aromatic rings. The standard InChI is InChI=1S/C20H29N3O6S/c1-20(2,3)29-19(24)23-16-9-15(10-17(23)12-28-11-16)21-22-30(25,26)13-14-5-7-18(27-4)8-6-14/h5-8,16-17,22H,9-13H2,1-4H3. The van der Waals surface area contributed by atoms with Crippen molar-refractivity contribution in [3.05, 3.63) is 29.8 Å². The molecule has 1 aromatic carbocycles. The third kappa shape index (κ3) is 5.85. The van der Waals surface area contributed by atoms with Crippen molar-refractivity contribution in [2.45, 2.75) is 57.1 Å². The van der Waals surface area contributed by atoms with Gasteiger partial charge in [0.15, 0.2) is 0 Å². The Morgan fingerprint density at radius 2 is 1.80 bits per heavy atom. The summed E-state index contributed by atoms with van der Waals surface area (Å²) < 4.78 is 41.0. The molecule has 2 atom stereocenters. The van der Waals surface area contributed by atoms with Crippen molar-refractivity contribution in [3.8, 4) is 5.75 Å². The summed E-state index contributed by atoms with van der Waals surface area (Å²) >= 11 is 0. The number of piperidine rings is 1. The second kappa shape index (κ2) is 8.81. The van der Waals surface area contributed by atoms with Gasteiger partial charge in [-0.25, -0.2) is 18.0 Å². The van der Waals surface area contributed by atoms with Gasteiger partial charge in [-0.05, 0) is 38.5 Å². The molecular weight excluding hydrogens is 410 g/mol. The zero-order chi connectivity index (χ0) is 21.9. The molecular formula is C20H29N3O6S. The molecule has 0 saturated carbocycles. The highest BCUT2D eigenvalue weighted by Crippen LogP contribution is 2.28. The molecule has 0 aliphatic carbocycles. The first kappa shape index (κ1) is 22.4. The van der Waals surface area contributed by atoms with E-state index in [1.54, 1.807) is 36.3 Å². The lowest BCUT2D eigenvalue weighted by Gasteiger charge is -2.45. The number of ether oxygens (including phenoxy) is 3. The monoisotopic (exact) mass is 439 g/mol. The third-order valence-electron chi connectivity index (χ3n) is 4.81. The molecule has 2 bridgehead atoms. The predicted molar refractivity (Wildman–Crippen MR) is 112 cm³/mol. The van der Waals surface area contributed by atoms with E-state index in [1.165, 1.54) is 0 Å². The zero-order valence-corrected chi connectivity index (χ0v) is 18.6. The summed E-state index contributed by atoms with van der Waals surface area (Å²) in [7, 11) is -2.09. The first-order valence-electron chi connectivity index (χ1n) is 9.83. The van der Waals surface area contributed by atoms with Crippen LogP contribution in [0.2, 0.25) is 0 Å². The van der Waals surface area contributed by atoms with Gasteiger partial charge in [-0.2, -0.15) is 5.10 Å². The average molecular weight is 440 g/mol. The molecule has 2 heterocycles. The van der Waals surface area contributed by atoms with E-state index in [-0.39, 0.29) is 23.9 Å². The van der Waals surface area contributed by atoms with Gasteiger partial charge in [-0.3, -0.25) is 4.90 Å². The minimum absolute atomic E-state index is 0.187. The molecule has 2 aliphatic rings. The van der Waals surface area contributed by atoms with Gasteiger partial charge < -0.3 is 14.2 Å². The van der Waals surface area contributed by atoms with Crippen LogP contribution in [0.4, 0.5) is 4.79 Å². The van der Waals surface area contributed by atoms with Crippen molar-refractivity contribution in [2.75, 3.05) is 20.3 Å². The van der Waals surface area contributed by atoms with Crippen LogP contribution in [0.25, 0.3) is 0 Å². The smallest absolute Gasteiger partial charge is 0.410 e. The second-order valence-electron chi connectivity index (χ2n) is 8.52. The number of nitrogens with zero attached hydrogens (tertiary/aromatic N) is 2. The lowest BCUT2D eigenvalue weighted by molar-refractivity contribution is -0.0629. The number of hydrogen-bond donors (Lipinski definition) is 1. The Hall–Kier alpha value is -2.33. The maximum absolute atomic E-state index is 12.6. The number of carbonyl (C=O) groups is 1. The molecule has 0 spiro atoms. The Bertz CT molecular complexity index is 876. The van der Waals surface area contributed by atoms with Gasteiger partial charge in [0.05, 0.1) is 38.2 Å². The van der Waals surface area contributed by atoms with Crippen molar-refractivity contribution >= 4 is 21.8 Å². The van der Waals surface area contributed by atoms with E-state index in [2.05, 4.69) is 9.93 Å². The topological polar surface area (TPSA) is 107 Å². The van der Waals surface area contributed by atoms with Crippen molar-refractivity contribution in [3.63, 3.8) is 0 Å². The molecule has 2 fully saturated rings. The van der Waals surface area contributed by atoms with E-state index < -0.39 is 15.6 Å². The average Bonchev–Trinajstić information content (AvgIpc) is 2.64. The molecule has 166 valence electrons. The molecule has 0 radical (unpaired) electrons. The van der Waals surface area contributed by atoms with Crippen LogP contribution in [0.3, 0.4) is 0 Å². The quantitative estimate of drug-likeness (QED) is 0.706. The van der Waals surface area contributed by atoms with Crippen LogP contribution in [0.1, 0.15) is 39.2 Å². The van der Waals surface area contributed by atoms with Crippen molar-refractivity contribution in [1.29, 1.82) is 0 Å². The van der Waals surface area contributed by atoms with E-state index >= 15 is 0 Å². The largest absolute Gasteiger partial charge is 0.497 e.